The molecule has 19 heavy (non-hydrogen) atoms. The van der Waals surface area contributed by atoms with Gasteiger partial charge in [0.15, 0.2) is 0 Å². The van der Waals surface area contributed by atoms with E-state index >= 15 is 0 Å². The van der Waals surface area contributed by atoms with E-state index in [-0.39, 0.29) is 17.7 Å². The van der Waals surface area contributed by atoms with E-state index in [1.54, 1.807) is 0 Å². The standard InChI is InChI=1S/C15H27NO3/c1-15(2,3)9-8-13(17)16-10-4-5-12(11-16)6-7-14(18)19/h12H,4-11H2,1-3H3,(H,18,19). The summed E-state index contributed by atoms with van der Waals surface area (Å²) in [5.74, 6) is -0.144. The molecule has 1 saturated heterocycles. The Morgan fingerprint density at radius 2 is 1.95 bits per heavy atom. The van der Waals surface area contributed by atoms with E-state index in [9.17, 15) is 9.59 Å². The summed E-state index contributed by atoms with van der Waals surface area (Å²) < 4.78 is 0. The maximum Gasteiger partial charge on any atom is 0.303 e. The van der Waals surface area contributed by atoms with Crippen molar-refractivity contribution in [3.63, 3.8) is 0 Å². The van der Waals surface area contributed by atoms with Gasteiger partial charge in [0.05, 0.1) is 0 Å². The van der Waals surface area contributed by atoms with Crippen molar-refractivity contribution in [3.05, 3.63) is 0 Å². The van der Waals surface area contributed by atoms with Crippen molar-refractivity contribution in [2.75, 3.05) is 13.1 Å². The number of hydrogen-bond donors (Lipinski definition) is 1. The lowest BCUT2D eigenvalue weighted by atomic mass is 9.89. The molecule has 1 atom stereocenters. The molecule has 0 aromatic rings. The van der Waals surface area contributed by atoms with Crippen molar-refractivity contribution in [2.45, 2.75) is 59.3 Å². The third-order valence-electron chi connectivity index (χ3n) is 3.73. The Bertz CT molecular complexity index is 320. The van der Waals surface area contributed by atoms with E-state index in [0.717, 1.165) is 32.4 Å². The molecule has 1 heterocycles. The van der Waals surface area contributed by atoms with Gasteiger partial charge in [-0.25, -0.2) is 0 Å². The normalized spacial score (nSPS) is 20.4. The minimum Gasteiger partial charge on any atom is -0.481 e. The van der Waals surface area contributed by atoms with Crippen LogP contribution in [0.4, 0.5) is 0 Å². The van der Waals surface area contributed by atoms with Gasteiger partial charge >= 0.3 is 5.97 Å². The molecular formula is C15H27NO3. The monoisotopic (exact) mass is 269 g/mol. The third kappa shape index (κ3) is 6.60. The minimum atomic E-state index is -0.740. The molecule has 0 spiro atoms. The number of carbonyl (C=O) groups is 2. The maximum atomic E-state index is 12.1. The second-order valence-corrected chi connectivity index (χ2v) is 6.84. The molecule has 0 aliphatic carbocycles. The smallest absolute Gasteiger partial charge is 0.303 e. The Morgan fingerprint density at radius 1 is 1.26 bits per heavy atom. The highest BCUT2D eigenvalue weighted by Crippen LogP contribution is 2.24. The first-order chi connectivity index (χ1) is 8.78. The summed E-state index contributed by atoms with van der Waals surface area (Å²) in [5.41, 5.74) is 0.189. The van der Waals surface area contributed by atoms with Gasteiger partial charge in [-0.1, -0.05) is 20.8 Å². The van der Waals surface area contributed by atoms with E-state index < -0.39 is 5.97 Å². The highest BCUT2D eigenvalue weighted by Gasteiger charge is 2.24. The van der Waals surface area contributed by atoms with Crippen LogP contribution in [0.1, 0.15) is 59.3 Å². The van der Waals surface area contributed by atoms with Gasteiger partial charge in [0.1, 0.15) is 0 Å². The number of rotatable bonds is 5. The number of hydrogen-bond acceptors (Lipinski definition) is 2. The molecule has 4 nitrogen and oxygen atoms in total. The van der Waals surface area contributed by atoms with E-state index in [0.29, 0.717) is 18.8 Å². The van der Waals surface area contributed by atoms with Crippen LogP contribution in [-0.2, 0) is 9.59 Å². The predicted octanol–water partition coefficient (Wildman–Crippen LogP) is 2.92. The van der Waals surface area contributed by atoms with Gasteiger partial charge in [0.25, 0.3) is 0 Å². The lowest BCUT2D eigenvalue weighted by Crippen LogP contribution is -2.40. The average Bonchev–Trinajstić information content (AvgIpc) is 2.33. The Balaban J connectivity index is 2.37. The van der Waals surface area contributed by atoms with Crippen LogP contribution in [0.25, 0.3) is 0 Å². The van der Waals surface area contributed by atoms with E-state index in [2.05, 4.69) is 20.8 Å². The van der Waals surface area contributed by atoms with Crippen molar-refractivity contribution >= 4 is 11.9 Å². The van der Waals surface area contributed by atoms with Gasteiger partial charge in [-0.3, -0.25) is 9.59 Å². The summed E-state index contributed by atoms with van der Waals surface area (Å²) in [4.78, 5) is 24.7. The number of amides is 1. The van der Waals surface area contributed by atoms with Crippen LogP contribution in [0.2, 0.25) is 0 Å². The minimum absolute atomic E-state index is 0.189. The number of nitrogens with zero attached hydrogens (tertiary/aromatic N) is 1. The SMILES string of the molecule is CC(C)(C)CCC(=O)N1CCCC(CCC(=O)O)C1. The van der Waals surface area contributed by atoms with Crippen LogP contribution >= 0.6 is 0 Å². The van der Waals surface area contributed by atoms with Crippen LogP contribution in [0.5, 0.6) is 0 Å². The predicted molar refractivity (Wildman–Crippen MR) is 74.9 cm³/mol. The van der Waals surface area contributed by atoms with Crippen LogP contribution < -0.4 is 0 Å². The Labute approximate surface area is 116 Å². The molecule has 1 aliphatic heterocycles. The number of carboxylic acids is 1. The molecule has 1 unspecified atom stereocenters. The Morgan fingerprint density at radius 3 is 2.53 bits per heavy atom. The highest BCUT2D eigenvalue weighted by atomic mass is 16.4. The van der Waals surface area contributed by atoms with Gasteiger partial charge in [-0.15, -0.1) is 0 Å². The molecular weight excluding hydrogens is 242 g/mol. The fourth-order valence-corrected chi connectivity index (χ4v) is 2.49. The molecule has 0 aromatic heterocycles. The molecule has 1 fully saturated rings. The fraction of sp³-hybridized carbons (Fsp3) is 0.867. The number of aliphatic carboxylic acids is 1. The largest absolute Gasteiger partial charge is 0.481 e. The molecule has 1 amide bonds. The molecule has 4 heteroatoms. The maximum absolute atomic E-state index is 12.1. The average molecular weight is 269 g/mol. The zero-order chi connectivity index (χ0) is 14.5. The van der Waals surface area contributed by atoms with Crippen LogP contribution in [0.3, 0.4) is 0 Å². The summed E-state index contributed by atoms with van der Waals surface area (Å²) in [5, 5.41) is 8.71. The number of piperidine rings is 1. The molecule has 1 aliphatic rings. The van der Waals surface area contributed by atoms with E-state index in [1.807, 2.05) is 4.90 Å². The number of carbonyl (C=O) groups excluding carboxylic acids is 1. The van der Waals surface area contributed by atoms with Crippen molar-refractivity contribution in [3.8, 4) is 0 Å². The Kier molecular flexibility index (Phi) is 5.83. The highest BCUT2D eigenvalue weighted by molar-refractivity contribution is 5.76. The molecule has 0 saturated carbocycles. The van der Waals surface area contributed by atoms with Crippen molar-refractivity contribution < 1.29 is 14.7 Å². The molecule has 0 radical (unpaired) electrons. The summed E-state index contributed by atoms with van der Waals surface area (Å²) in [7, 11) is 0. The van der Waals surface area contributed by atoms with Gasteiger partial charge in [-0.2, -0.15) is 0 Å². The third-order valence-corrected chi connectivity index (χ3v) is 3.73. The molecule has 1 N–H and O–H groups in total. The first-order valence-electron chi connectivity index (χ1n) is 7.27. The van der Waals surface area contributed by atoms with Crippen molar-refractivity contribution in [1.82, 2.24) is 4.90 Å². The second-order valence-electron chi connectivity index (χ2n) is 6.84. The molecule has 110 valence electrons. The second kappa shape index (κ2) is 6.92. The summed E-state index contributed by atoms with van der Waals surface area (Å²) in [6.07, 6.45) is 4.48. The zero-order valence-electron chi connectivity index (χ0n) is 12.4. The van der Waals surface area contributed by atoms with Gasteiger partial charge in [0, 0.05) is 25.9 Å². The lowest BCUT2D eigenvalue weighted by Gasteiger charge is -2.33. The molecule has 1 rings (SSSR count). The lowest BCUT2D eigenvalue weighted by molar-refractivity contribution is -0.137. The molecule has 0 aromatic carbocycles. The first kappa shape index (κ1) is 16.0. The van der Waals surface area contributed by atoms with Gasteiger partial charge in [0.2, 0.25) is 5.91 Å². The van der Waals surface area contributed by atoms with Gasteiger partial charge in [-0.05, 0) is 37.0 Å². The van der Waals surface area contributed by atoms with Crippen LogP contribution in [0, 0.1) is 11.3 Å². The summed E-state index contributed by atoms with van der Waals surface area (Å²) >= 11 is 0. The van der Waals surface area contributed by atoms with Crippen LogP contribution in [-0.4, -0.2) is 35.0 Å². The first-order valence-corrected chi connectivity index (χ1v) is 7.27. The molecule has 0 bridgehead atoms. The van der Waals surface area contributed by atoms with Crippen LogP contribution in [0.15, 0.2) is 0 Å². The van der Waals surface area contributed by atoms with Gasteiger partial charge < -0.3 is 10.0 Å². The zero-order valence-corrected chi connectivity index (χ0v) is 12.4. The quantitative estimate of drug-likeness (QED) is 0.835. The van der Waals surface area contributed by atoms with E-state index in [1.165, 1.54) is 0 Å². The number of carboxylic acid groups (broad SMARTS) is 1. The summed E-state index contributed by atoms with van der Waals surface area (Å²) in [6.45, 7) is 8.02. The van der Waals surface area contributed by atoms with Crippen molar-refractivity contribution in [1.29, 1.82) is 0 Å². The Hall–Kier alpha value is -1.06. The topological polar surface area (TPSA) is 57.6 Å². The van der Waals surface area contributed by atoms with E-state index in [4.69, 9.17) is 5.11 Å². The fourth-order valence-electron chi connectivity index (χ4n) is 2.49. The summed E-state index contributed by atoms with van der Waals surface area (Å²) in [6, 6.07) is 0. The van der Waals surface area contributed by atoms with Crippen molar-refractivity contribution in [2.24, 2.45) is 11.3 Å². The number of likely N-dealkylation sites (tertiary alicyclic amines) is 1.